The maximum absolute atomic E-state index is 9.52. The quantitative estimate of drug-likeness (QED) is 0.491. The highest BCUT2D eigenvalue weighted by Gasteiger charge is 2.10. The van der Waals surface area contributed by atoms with Gasteiger partial charge in [0, 0.05) is 21.7 Å². The van der Waals surface area contributed by atoms with Crippen molar-refractivity contribution >= 4 is 11.6 Å². The van der Waals surface area contributed by atoms with Crippen molar-refractivity contribution in [2.24, 2.45) is 0 Å². The lowest BCUT2D eigenvalue weighted by Crippen LogP contribution is -1.90. The van der Waals surface area contributed by atoms with E-state index in [4.69, 9.17) is 21.0 Å². The van der Waals surface area contributed by atoms with Gasteiger partial charge in [-0.2, -0.15) is 0 Å². The number of furan rings is 1. The highest BCUT2D eigenvalue weighted by molar-refractivity contribution is 6.30. The lowest BCUT2D eigenvalue weighted by atomic mass is 10.0. The van der Waals surface area contributed by atoms with Gasteiger partial charge in [0.25, 0.3) is 0 Å². The normalized spacial score (nSPS) is 10.8. The molecule has 0 aliphatic heterocycles. The summed E-state index contributed by atoms with van der Waals surface area (Å²) in [6, 6.07) is 22.3. The lowest BCUT2D eigenvalue weighted by molar-refractivity contribution is 0.475. The number of benzene rings is 2. The first-order valence-electron chi connectivity index (χ1n) is 7.80. The number of nitrogens with zero attached hydrogens (tertiary/aromatic N) is 1. The van der Waals surface area contributed by atoms with Gasteiger partial charge in [-0.25, -0.2) is 4.98 Å². The van der Waals surface area contributed by atoms with Crippen molar-refractivity contribution in [2.75, 3.05) is 0 Å². The predicted molar refractivity (Wildman–Crippen MR) is 99.5 cm³/mol. The highest BCUT2D eigenvalue weighted by atomic mass is 35.5. The molecule has 0 atom stereocenters. The molecule has 0 unspecified atom stereocenters. The molecule has 0 saturated carbocycles. The van der Waals surface area contributed by atoms with Crippen LogP contribution in [0.3, 0.4) is 0 Å². The standard InChI is InChI=1S/C21H14ClNO2/c22-17-4-1-3-15(11-17)20-13-16(21-5-2-10-25-21)12-19(23-20)14-6-8-18(24)9-7-14/h1-13,24H. The van der Waals surface area contributed by atoms with Gasteiger partial charge in [0.15, 0.2) is 0 Å². The van der Waals surface area contributed by atoms with Gasteiger partial charge in [-0.15, -0.1) is 0 Å². The van der Waals surface area contributed by atoms with Gasteiger partial charge in [-0.1, -0.05) is 23.7 Å². The fourth-order valence-electron chi connectivity index (χ4n) is 2.69. The molecule has 0 amide bonds. The molecule has 0 bridgehead atoms. The maximum Gasteiger partial charge on any atom is 0.134 e. The van der Waals surface area contributed by atoms with Gasteiger partial charge in [-0.05, 0) is 60.7 Å². The molecule has 4 aromatic rings. The summed E-state index contributed by atoms with van der Waals surface area (Å²) in [4.78, 5) is 4.77. The molecule has 0 aliphatic rings. The van der Waals surface area contributed by atoms with E-state index in [1.54, 1.807) is 18.4 Å². The fraction of sp³-hybridized carbons (Fsp3) is 0. The molecule has 2 heterocycles. The summed E-state index contributed by atoms with van der Waals surface area (Å²) in [6.07, 6.45) is 1.65. The zero-order chi connectivity index (χ0) is 17.2. The summed E-state index contributed by atoms with van der Waals surface area (Å²) in [5.74, 6) is 0.992. The smallest absolute Gasteiger partial charge is 0.134 e. The van der Waals surface area contributed by atoms with Crippen LogP contribution in [-0.2, 0) is 0 Å². The van der Waals surface area contributed by atoms with Gasteiger partial charge in [0.05, 0.1) is 17.7 Å². The Hall–Kier alpha value is -3.04. The minimum atomic E-state index is 0.223. The molecule has 2 aromatic heterocycles. The third-order valence-electron chi connectivity index (χ3n) is 3.91. The van der Waals surface area contributed by atoms with E-state index in [-0.39, 0.29) is 5.75 Å². The van der Waals surface area contributed by atoms with Gasteiger partial charge in [-0.3, -0.25) is 0 Å². The molecule has 122 valence electrons. The molecule has 0 spiro atoms. The summed E-state index contributed by atoms with van der Waals surface area (Å²) in [5.41, 5.74) is 4.37. The molecular weight excluding hydrogens is 334 g/mol. The van der Waals surface area contributed by atoms with Crippen molar-refractivity contribution in [3.05, 3.63) is 84.1 Å². The van der Waals surface area contributed by atoms with E-state index in [9.17, 15) is 5.11 Å². The van der Waals surface area contributed by atoms with E-state index in [1.165, 1.54) is 0 Å². The Labute approximate surface area is 150 Å². The molecule has 0 fully saturated rings. The highest BCUT2D eigenvalue weighted by Crippen LogP contribution is 2.31. The SMILES string of the molecule is Oc1ccc(-c2cc(-c3ccco3)cc(-c3cccc(Cl)c3)n2)cc1. The predicted octanol–water partition coefficient (Wildman–Crippen LogP) is 6.03. The zero-order valence-corrected chi connectivity index (χ0v) is 13.9. The van der Waals surface area contributed by atoms with Crippen molar-refractivity contribution in [2.45, 2.75) is 0 Å². The van der Waals surface area contributed by atoms with E-state index >= 15 is 0 Å². The molecule has 0 radical (unpaired) electrons. The van der Waals surface area contributed by atoms with Crippen LogP contribution in [0.2, 0.25) is 5.02 Å². The van der Waals surface area contributed by atoms with Crippen LogP contribution in [-0.4, -0.2) is 10.1 Å². The number of rotatable bonds is 3. The first kappa shape index (κ1) is 15.5. The lowest BCUT2D eigenvalue weighted by Gasteiger charge is -2.09. The van der Waals surface area contributed by atoms with Crippen LogP contribution in [0.5, 0.6) is 5.75 Å². The Balaban J connectivity index is 1.90. The Kier molecular flexibility index (Phi) is 4.00. The third-order valence-corrected chi connectivity index (χ3v) is 4.15. The van der Waals surface area contributed by atoms with Crippen molar-refractivity contribution in [1.82, 2.24) is 4.98 Å². The zero-order valence-electron chi connectivity index (χ0n) is 13.2. The number of aromatic nitrogens is 1. The second kappa shape index (κ2) is 6.46. The van der Waals surface area contributed by atoms with Gasteiger partial charge in [0.1, 0.15) is 11.5 Å². The van der Waals surface area contributed by atoms with E-state index < -0.39 is 0 Å². The Morgan fingerprint density at radius 1 is 0.760 bits per heavy atom. The molecule has 4 rings (SSSR count). The number of phenolic OH excluding ortho intramolecular Hbond substituents is 1. The summed E-state index contributed by atoms with van der Waals surface area (Å²) in [5, 5.41) is 10.2. The molecule has 25 heavy (non-hydrogen) atoms. The maximum atomic E-state index is 9.52. The molecule has 2 aromatic carbocycles. The Morgan fingerprint density at radius 3 is 2.20 bits per heavy atom. The summed E-state index contributed by atoms with van der Waals surface area (Å²) in [7, 11) is 0. The summed E-state index contributed by atoms with van der Waals surface area (Å²) < 4.78 is 5.55. The molecule has 3 nitrogen and oxygen atoms in total. The topological polar surface area (TPSA) is 46.3 Å². The van der Waals surface area contributed by atoms with E-state index in [0.29, 0.717) is 5.02 Å². The van der Waals surface area contributed by atoms with Gasteiger partial charge in [0.2, 0.25) is 0 Å². The molecule has 0 saturated heterocycles. The van der Waals surface area contributed by atoms with E-state index in [1.807, 2.05) is 60.7 Å². The second-order valence-electron chi connectivity index (χ2n) is 5.66. The van der Waals surface area contributed by atoms with Crippen LogP contribution in [0, 0.1) is 0 Å². The average Bonchev–Trinajstić information content (AvgIpc) is 3.17. The number of hydrogen-bond acceptors (Lipinski definition) is 3. The van der Waals surface area contributed by atoms with Crippen LogP contribution in [0.25, 0.3) is 33.8 Å². The number of hydrogen-bond donors (Lipinski definition) is 1. The fourth-order valence-corrected chi connectivity index (χ4v) is 2.88. The minimum absolute atomic E-state index is 0.223. The molecular formula is C21H14ClNO2. The van der Waals surface area contributed by atoms with Crippen molar-refractivity contribution < 1.29 is 9.52 Å². The van der Waals surface area contributed by atoms with Crippen LogP contribution in [0.1, 0.15) is 0 Å². The van der Waals surface area contributed by atoms with Crippen LogP contribution >= 0.6 is 11.6 Å². The number of halogens is 1. The number of phenols is 1. The molecule has 0 aliphatic carbocycles. The second-order valence-corrected chi connectivity index (χ2v) is 6.10. The molecule has 1 N–H and O–H groups in total. The van der Waals surface area contributed by atoms with Crippen LogP contribution in [0.15, 0.2) is 83.5 Å². The Morgan fingerprint density at radius 2 is 1.52 bits per heavy atom. The first-order valence-corrected chi connectivity index (χ1v) is 8.18. The van der Waals surface area contributed by atoms with Gasteiger partial charge < -0.3 is 9.52 Å². The summed E-state index contributed by atoms with van der Waals surface area (Å²) >= 11 is 6.13. The van der Waals surface area contributed by atoms with E-state index in [2.05, 4.69) is 0 Å². The van der Waals surface area contributed by atoms with Crippen LogP contribution < -0.4 is 0 Å². The van der Waals surface area contributed by atoms with Crippen molar-refractivity contribution in [3.63, 3.8) is 0 Å². The minimum Gasteiger partial charge on any atom is -0.508 e. The third kappa shape index (κ3) is 3.28. The van der Waals surface area contributed by atoms with Crippen molar-refractivity contribution in [1.29, 1.82) is 0 Å². The van der Waals surface area contributed by atoms with Gasteiger partial charge >= 0.3 is 0 Å². The average molecular weight is 348 g/mol. The Bertz CT molecular complexity index is 1010. The first-order chi connectivity index (χ1) is 12.2. The van der Waals surface area contributed by atoms with Crippen LogP contribution in [0.4, 0.5) is 0 Å². The van der Waals surface area contributed by atoms with E-state index in [0.717, 1.165) is 33.8 Å². The number of aromatic hydroxyl groups is 1. The van der Waals surface area contributed by atoms with Crippen molar-refractivity contribution in [3.8, 4) is 39.6 Å². The largest absolute Gasteiger partial charge is 0.508 e. The summed E-state index contributed by atoms with van der Waals surface area (Å²) in [6.45, 7) is 0. The molecule has 4 heteroatoms. The number of pyridine rings is 1. The monoisotopic (exact) mass is 347 g/mol.